The topological polar surface area (TPSA) is 80.4 Å². The average Bonchev–Trinajstić information content (AvgIpc) is 2.72. The van der Waals surface area contributed by atoms with Gasteiger partial charge in [-0.15, -0.1) is 0 Å². The zero-order chi connectivity index (χ0) is 16.0. The number of aromatic nitrogens is 1. The van der Waals surface area contributed by atoms with Crippen LogP contribution in [0.15, 0.2) is 0 Å². The van der Waals surface area contributed by atoms with Gasteiger partial charge in [-0.1, -0.05) is 0 Å². The third-order valence-corrected chi connectivity index (χ3v) is 3.11. The Balaban J connectivity index is 2.61. The SMILES string of the molecule is COC(=O)c1c(C)[nH]c(C(=O)NCCCOC(C)C)c1C. The maximum Gasteiger partial charge on any atom is 0.339 e. The normalized spacial score (nSPS) is 10.8. The van der Waals surface area contributed by atoms with Gasteiger partial charge in [0.15, 0.2) is 0 Å². The minimum atomic E-state index is -0.439. The van der Waals surface area contributed by atoms with E-state index in [-0.39, 0.29) is 12.0 Å². The van der Waals surface area contributed by atoms with Crippen molar-refractivity contribution < 1.29 is 19.1 Å². The highest BCUT2D eigenvalue weighted by Crippen LogP contribution is 2.18. The van der Waals surface area contributed by atoms with Crippen LogP contribution in [0, 0.1) is 13.8 Å². The third-order valence-electron chi connectivity index (χ3n) is 3.11. The van der Waals surface area contributed by atoms with Crippen molar-refractivity contribution in [3.63, 3.8) is 0 Å². The van der Waals surface area contributed by atoms with E-state index in [0.717, 1.165) is 6.42 Å². The Bertz CT molecular complexity index is 506. The molecule has 0 radical (unpaired) electrons. The molecule has 0 saturated carbocycles. The van der Waals surface area contributed by atoms with Crippen LogP contribution >= 0.6 is 0 Å². The van der Waals surface area contributed by atoms with Crippen LogP contribution < -0.4 is 5.32 Å². The molecule has 0 atom stereocenters. The number of esters is 1. The molecule has 2 N–H and O–H groups in total. The summed E-state index contributed by atoms with van der Waals surface area (Å²) >= 11 is 0. The summed E-state index contributed by atoms with van der Waals surface area (Å²) in [5.41, 5.74) is 2.06. The first-order valence-electron chi connectivity index (χ1n) is 7.05. The minimum Gasteiger partial charge on any atom is -0.465 e. The first-order valence-corrected chi connectivity index (χ1v) is 7.05. The lowest BCUT2D eigenvalue weighted by Gasteiger charge is -2.08. The van der Waals surface area contributed by atoms with Crippen molar-refractivity contribution >= 4 is 11.9 Å². The van der Waals surface area contributed by atoms with Crippen LogP contribution in [0.2, 0.25) is 0 Å². The van der Waals surface area contributed by atoms with E-state index in [0.29, 0.717) is 35.7 Å². The molecule has 0 aliphatic heterocycles. The van der Waals surface area contributed by atoms with Gasteiger partial charge in [-0.3, -0.25) is 4.79 Å². The van der Waals surface area contributed by atoms with Crippen LogP contribution in [0.25, 0.3) is 0 Å². The molecule has 0 unspecified atom stereocenters. The number of aromatic amines is 1. The Morgan fingerprint density at radius 1 is 1.29 bits per heavy atom. The van der Waals surface area contributed by atoms with Crippen molar-refractivity contribution in [2.45, 2.75) is 40.2 Å². The molecule has 1 amide bonds. The Morgan fingerprint density at radius 2 is 1.95 bits per heavy atom. The summed E-state index contributed by atoms with van der Waals surface area (Å²) < 4.78 is 10.1. The van der Waals surface area contributed by atoms with Crippen LogP contribution in [0.1, 0.15) is 52.4 Å². The molecule has 0 bridgehead atoms. The second-order valence-corrected chi connectivity index (χ2v) is 5.15. The van der Waals surface area contributed by atoms with Gasteiger partial charge in [0.05, 0.1) is 18.8 Å². The standard InChI is InChI=1S/C15H24N2O4/c1-9(2)21-8-6-7-16-14(18)13-10(3)12(11(4)17-13)15(19)20-5/h9,17H,6-8H2,1-5H3,(H,16,18). The first kappa shape index (κ1) is 17.2. The summed E-state index contributed by atoms with van der Waals surface area (Å²) in [6.07, 6.45) is 0.934. The molecule has 6 nitrogen and oxygen atoms in total. The number of H-pyrrole nitrogens is 1. The largest absolute Gasteiger partial charge is 0.465 e. The van der Waals surface area contributed by atoms with Crippen LogP contribution in [0.4, 0.5) is 0 Å². The van der Waals surface area contributed by atoms with Gasteiger partial charge >= 0.3 is 5.97 Å². The van der Waals surface area contributed by atoms with Gasteiger partial charge in [-0.25, -0.2) is 4.79 Å². The van der Waals surface area contributed by atoms with E-state index < -0.39 is 5.97 Å². The quantitative estimate of drug-likeness (QED) is 0.595. The number of ether oxygens (including phenoxy) is 2. The number of rotatable bonds is 7. The van der Waals surface area contributed by atoms with E-state index in [1.807, 2.05) is 13.8 Å². The molecule has 0 spiro atoms. The van der Waals surface area contributed by atoms with Gasteiger partial charge in [0, 0.05) is 18.8 Å². The molecule has 1 aromatic rings. The van der Waals surface area contributed by atoms with Crippen LogP contribution in [-0.2, 0) is 9.47 Å². The predicted molar refractivity (Wildman–Crippen MR) is 79.6 cm³/mol. The summed E-state index contributed by atoms with van der Waals surface area (Å²) in [4.78, 5) is 26.7. The number of methoxy groups -OCH3 is 1. The number of hydrogen-bond acceptors (Lipinski definition) is 4. The second kappa shape index (κ2) is 7.83. The van der Waals surface area contributed by atoms with Gasteiger partial charge in [0.25, 0.3) is 5.91 Å². The summed E-state index contributed by atoms with van der Waals surface area (Å²) in [7, 11) is 1.32. The predicted octanol–water partition coefficient (Wildman–Crippen LogP) is 1.96. The molecular weight excluding hydrogens is 272 g/mol. The van der Waals surface area contributed by atoms with E-state index in [4.69, 9.17) is 9.47 Å². The molecule has 21 heavy (non-hydrogen) atoms. The molecular formula is C15H24N2O4. The van der Waals surface area contributed by atoms with Crippen molar-refractivity contribution in [1.82, 2.24) is 10.3 Å². The van der Waals surface area contributed by atoms with E-state index in [1.54, 1.807) is 13.8 Å². The third kappa shape index (κ3) is 4.60. The molecule has 0 fully saturated rings. The molecule has 1 heterocycles. The maximum absolute atomic E-state index is 12.1. The summed E-state index contributed by atoms with van der Waals surface area (Å²) in [6.45, 7) is 8.54. The zero-order valence-electron chi connectivity index (χ0n) is 13.3. The lowest BCUT2D eigenvalue weighted by molar-refractivity contribution is 0.0599. The summed E-state index contributed by atoms with van der Waals surface area (Å²) in [5.74, 6) is -0.666. The summed E-state index contributed by atoms with van der Waals surface area (Å²) in [5, 5.41) is 2.81. The second-order valence-electron chi connectivity index (χ2n) is 5.15. The number of amides is 1. The number of aryl methyl sites for hydroxylation is 1. The smallest absolute Gasteiger partial charge is 0.339 e. The molecule has 1 rings (SSSR count). The van der Waals surface area contributed by atoms with Gasteiger partial charge < -0.3 is 19.8 Å². The number of carbonyl (C=O) groups excluding carboxylic acids is 2. The van der Waals surface area contributed by atoms with E-state index >= 15 is 0 Å². The molecule has 0 aliphatic rings. The van der Waals surface area contributed by atoms with Gasteiger partial charge in [-0.05, 0) is 39.7 Å². The first-order chi connectivity index (χ1) is 9.88. The lowest BCUT2D eigenvalue weighted by atomic mass is 10.1. The molecule has 118 valence electrons. The average molecular weight is 296 g/mol. The summed E-state index contributed by atoms with van der Waals surface area (Å²) in [6, 6.07) is 0. The molecule has 1 aromatic heterocycles. The lowest BCUT2D eigenvalue weighted by Crippen LogP contribution is -2.26. The highest BCUT2D eigenvalue weighted by atomic mass is 16.5. The van der Waals surface area contributed by atoms with Crippen molar-refractivity contribution in [3.8, 4) is 0 Å². The maximum atomic E-state index is 12.1. The van der Waals surface area contributed by atoms with Crippen LogP contribution in [0.3, 0.4) is 0 Å². The van der Waals surface area contributed by atoms with Crippen molar-refractivity contribution in [1.29, 1.82) is 0 Å². The number of carbonyl (C=O) groups is 2. The van der Waals surface area contributed by atoms with Crippen molar-refractivity contribution in [2.24, 2.45) is 0 Å². The number of nitrogens with one attached hydrogen (secondary N) is 2. The van der Waals surface area contributed by atoms with Crippen molar-refractivity contribution in [2.75, 3.05) is 20.3 Å². The monoisotopic (exact) mass is 296 g/mol. The van der Waals surface area contributed by atoms with Gasteiger partial charge in [0.2, 0.25) is 0 Å². The zero-order valence-corrected chi connectivity index (χ0v) is 13.3. The molecule has 0 aromatic carbocycles. The van der Waals surface area contributed by atoms with E-state index in [2.05, 4.69) is 10.3 Å². The highest BCUT2D eigenvalue weighted by Gasteiger charge is 2.22. The minimum absolute atomic E-state index is 0.191. The Labute approximate surface area is 125 Å². The Kier molecular flexibility index (Phi) is 6.42. The molecule has 0 aliphatic carbocycles. The highest BCUT2D eigenvalue weighted by molar-refractivity contribution is 6.00. The Morgan fingerprint density at radius 3 is 2.52 bits per heavy atom. The number of hydrogen-bond donors (Lipinski definition) is 2. The van der Waals surface area contributed by atoms with E-state index in [9.17, 15) is 9.59 Å². The Hall–Kier alpha value is -1.82. The fourth-order valence-corrected chi connectivity index (χ4v) is 2.07. The fraction of sp³-hybridized carbons (Fsp3) is 0.600. The molecule has 6 heteroatoms. The fourth-order valence-electron chi connectivity index (χ4n) is 2.07. The van der Waals surface area contributed by atoms with Crippen LogP contribution in [-0.4, -0.2) is 43.2 Å². The van der Waals surface area contributed by atoms with Crippen molar-refractivity contribution in [3.05, 3.63) is 22.5 Å². The van der Waals surface area contributed by atoms with Gasteiger partial charge in [-0.2, -0.15) is 0 Å². The molecule has 0 saturated heterocycles. The van der Waals surface area contributed by atoms with E-state index in [1.165, 1.54) is 7.11 Å². The van der Waals surface area contributed by atoms with Crippen LogP contribution in [0.5, 0.6) is 0 Å². The van der Waals surface area contributed by atoms with Gasteiger partial charge in [0.1, 0.15) is 5.69 Å².